The van der Waals surface area contributed by atoms with Crippen molar-refractivity contribution >= 4 is 38.9 Å². The number of sulfonamides is 1. The van der Waals surface area contributed by atoms with Gasteiger partial charge in [-0.2, -0.15) is 0 Å². The van der Waals surface area contributed by atoms with Crippen molar-refractivity contribution in [2.45, 2.75) is 23.7 Å². The van der Waals surface area contributed by atoms with E-state index in [4.69, 9.17) is 9.47 Å². The van der Waals surface area contributed by atoms with Gasteiger partial charge in [0, 0.05) is 36.0 Å². The normalized spacial score (nSPS) is 16.9. The minimum Gasteiger partial charge on any atom is -0.490 e. The van der Waals surface area contributed by atoms with E-state index in [-0.39, 0.29) is 23.1 Å². The van der Waals surface area contributed by atoms with Crippen LogP contribution < -0.4 is 24.8 Å². The molecule has 180 valence electrons. The Balaban J connectivity index is 1.28. The van der Waals surface area contributed by atoms with Crippen molar-refractivity contribution in [1.82, 2.24) is 0 Å². The van der Waals surface area contributed by atoms with E-state index in [1.807, 2.05) is 12.1 Å². The highest BCUT2D eigenvalue weighted by Gasteiger charge is 2.30. The zero-order chi connectivity index (χ0) is 24.4. The predicted molar refractivity (Wildman–Crippen MR) is 130 cm³/mol. The Hall–Kier alpha value is -4.05. The predicted octanol–water partition coefficient (Wildman–Crippen LogP) is 3.71. The van der Waals surface area contributed by atoms with E-state index in [0.29, 0.717) is 41.8 Å². The number of ether oxygens (including phenoxy) is 2. The van der Waals surface area contributed by atoms with Crippen molar-refractivity contribution in [1.29, 1.82) is 0 Å². The number of fused-ring (bicyclic) bond motifs is 2. The summed E-state index contributed by atoms with van der Waals surface area (Å²) in [6.45, 7) is 0.967. The first-order chi connectivity index (χ1) is 16.9. The van der Waals surface area contributed by atoms with E-state index < -0.39 is 15.9 Å². The number of rotatable bonds is 5. The number of benzene rings is 3. The highest BCUT2D eigenvalue weighted by Crippen LogP contribution is 2.34. The fourth-order valence-electron chi connectivity index (χ4n) is 4.02. The fourth-order valence-corrected chi connectivity index (χ4v) is 5.09. The second-order valence-electron chi connectivity index (χ2n) is 8.22. The molecule has 0 fully saturated rings. The molecule has 35 heavy (non-hydrogen) atoms. The number of hydrogen-bond donors (Lipinski definition) is 3. The van der Waals surface area contributed by atoms with Crippen LogP contribution in [0.25, 0.3) is 0 Å². The molecule has 3 aromatic rings. The summed E-state index contributed by atoms with van der Waals surface area (Å²) in [4.78, 5) is 25.0. The molecule has 0 saturated carbocycles. The van der Waals surface area contributed by atoms with Gasteiger partial charge in [-0.3, -0.25) is 14.3 Å². The zero-order valence-corrected chi connectivity index (χ0v) is 19.4. The third kappa shape index (κ3) is 4.92. The van der Waals surface area contributed by atoms with Crippen LogP contribution in [0.1, 0.15) is 24.3 Å². The van der Waals surface area contributed by atoms with Crippen LogP contribution >= 0.6 is 0 Å². The average molecular weight is 494 g/mol. The third-order valence-electron chi connectivity index (χ3n) is 5.75. The maximum Gasteiger partial charge on any atom is 0.262 e. The van der Waals surface area contributed by atoms with Gasteiger partial charge in [-0.05, 0) is 48.0 Å². The van der Waals surface area contributed by atoms with Gasteiger partial charge in [0.05, 0.1) is 24.0 Å². The smallest absolute Gasteiger partial charge is 0.262 e. The SMILES string of the molecule is O=C1CC(C(=O)Nc2ccc(NS(=O)(=O)c3ccc4c(c3)OCCCO4)cc2)c2ccccc2N1. The number of amides is 2. The van der Waals surface area contributed by atoms with Crippen LogP contribution in [0.4, 0.5) is 17.1 Å². The molecule has 2 aliphatic rings. The van der Waals surface area contributed by atoms with Gasteiger partial charge in [0.25, 0.3) is 10.0 Å². The monoisotopic (exact) mass is 493 g/mol. The molecule has 9 nitrogen and oxygen atoms in total. The van der Waals surface area contributed by atoms with Crippen molar-refractivity contribution < 1.29 is 27.5 Å². The summed E-state index contributed by atoms with van der Waals surface area (Å²) in [7, 11) is -3.87. The van der Waals surface area contributed by atoms with Crippen LogP contribution in [-0.4, -0.2) is 33.4 Å². The van der Waals surface area contributed by atoms with E-state index in [9.17, 15) is 18.0 Å². The van der Waals surface area contributed by atoms with Crippen LogP contribution in [0.2, 0.25) is 0 Å². The highest BCUT2D eigenvalue weighted by molar-refractivity contribution is 7.92. The summed E-state index contributed by atoms with van der Waals surface area (Å²) in [5, 5.41) is 5.58. The molecule has 0 radical (unpaired) electrons. The Morgan fingerprint density at radius 2 is 1.63 bits per heavy atom. The number of carbonyl (C=O) groups excluding carboxylic acids is 2. The van der Waals surface area contributed by atoms with Gasteiger partial charge in [0.1, 0.15) is 0 Å². The summed E-state index contributed by atoms with van der Waals surface area (Å²) >= 11 is 0. The molecular weight excluding hydrogens is 470 g/mol. The molecule has 0 aliphatic carbocycles. The summed E-state index contributed by atoms with van der Waals surface area (Å²) in [6, 6.07) is 18.0. The lowest BCUT2D eigenvalue weighted by Gasteiger charge is -2.24. The molecule has 2 amide bonds. The van der Waals surface area contributed by atoms with E-state index in [1.54, 1.807) is 42.5 Å². The number of carbonyl (C=O) groups is 2. The Kier molecular flexibility index (Phi) is 6.04. The average Bonchev–Trinajstić information content (AvgIpc) is 3.09. The van der Waals surface area contributed by atoms with Gasteiger partial charge in [0.15, 0.2) is 11.5 Å². The van der Waals surface area contributed by atoms with Crippen molar-refractivity contribution in [3.63, 3.8) is 0 Å². The van der Waals surface area contributed by atoms with Crippen LogP contribution in [0, 0.1) is 0 Å². The molecular formula is C25H23N3O6S. The largest absolute Gasteiger partial charge is 0.490 e. The first-order valence-corrected chi connectivity index (χ1v) is 12.6. The van der Waals surface area contributed by atoms with E-state index >= 15 is 0 Å². The van der Waals surface area contributed by atoms with E-state index in [1.165, 1.54) is 12.1 Å². The van der Waals surface area contributed by atoms with Crippen molar-refractivity contribution in [3.8, 4) is 11.5 Å². The molecule has 2 heterocycles. The van der Waals surface area contributed by atoms with Gasteiger partial charge in [0.2, 0.25) is 11.8 Å². The third-order valence-corrected chi connectivity index (χ3v) is 7.13. The van der Waals surface area contributed by atoms with Crippen molar-refractivity contribution in [3.05, 3.63) is 72.3 Å². The van der Waals surface area contributed by atoms with E-state index in [0.717, 1.165) is 12.0 Å². The maximum absolute atomic E-state index is 12.9. The first-order valence-electron chi connectivity index (χ1n) is 11.1. The zero-order valence-electron chi connectivity index (χ0n) is 18.6. The second kappa shape index (κ2) is 9.30. The lowest BCUT2D eigenvalue weighted by molar-refractivity contribution is -0.123. The molecule has 0 saturated heterocycles. The summed E-state index contributed by atoms with van der Waals surface area (Å²) in [5.41, 5.74) is 2.20. The molecule has 0 bridgehead atoms. The lowest BCUT2D eigenvalue weighted by atomic mass is 9.90. The standard InChI is InChI=1S/C25H23N3O6S/c29-24-15-20(19-4-1-2-5-21(19)27-24)25(30)26-16-6-8-17(9-7-16)28-35(31,32)18-10-11-22-23(14-18)34-13-3-12-33-22/h1-2,4-11,14,20,28H,3,12-13,15H2,(H,26,30)(H,27,29). The van der Waals surface area contributed by atoms with Gasteiger partial charge in [-0.25, -0.2) is 8.42 Å². The van der Waals surface area contributed by atoms with Gasteiger partial charge in [-0.1, -0.05) is 18.2 Å². The second-order valence-corrected chi connectivity index (χ2v) is 9.91. The minimum atomic E-state index is -3.87. The van der Waals surface area contributed by atoms with Crippen LogP contribution in [-0.2, 0) is 19.6 Å². The van der Waals surface area contributed by atoms with Crippen LogP contribution in [0.15, 0.2) is 71.6 Å². The van der Waals surface area contributed by atoms with Crippen LogP contribution in [0.5, 0.6) is 11.5 Å². The quantitative estimate of drug-likeness (QED) is 0.498. The maximum atomic E-state index is 12.9. The molecule has 10 heteroatoms. The number of hydrogen-bond acceptors (Lipinski definition) is 6. The van der Waals surface area contributed by atoms with Crippen LogP contribution in [0.3, 0.4) is 0 Å². The molecule has 1 unspecified atom stereocenters. The van der Waals surface area contributed by atoms with Crippen molar-refractivity contribution in [2.75, 3.05) is 28.6 Å². The molecule has 3 aromatic carbocycles. The van der Waals surface area contributed by atoms with Gasteiger partial charge < -0.3 is 20.1 Å². The molecule has 0 spiro atoms. The summed E-state index contributed by atoms with van der Waals surface area (Å²) < 4.78 is 39.4. The summed E-state index contributed by atoms with van der Waals surface area (Å²) in [5.74, 6) is -0.241. The molecule has 2 aliphatic heterocycles. The number of para-hydroxylation sites is 1. The Morgan fingerprint density at radius 1 is 0.914 bits per heavy atom. The molecule has 0 aromatic heterocycles. The number of nitrogens with one attached hydrogen (secondary N) is 3. The molecule has 1 atom stereocenters. The van der Waals surface area contributed by atoms with E-state index in [2.05, 4.69) is 15.4 Å². The summed E-state index contributed by atoms with van der Waals surface area (Å²) in [6.07, 6.45) is 0.772. The molecule has 5 rings (SSSR count). The van der Waals surface area contributed by atoms with Gasteiger partial charge >= 0.3 is 0 Å². The lowest BCUT2D eigenvalue weighted by Crippen LogP contribution is -2.30. The minimum absolute atomic E-state index is 0.0494. The first kappa shape index (κ1) is 22.7. The highest BCUT2D eigenvalue weighted by atomic mass is 32.2. The van der Waals surface area contributed by atoms with Crippen molar-refractivity contribution in [2.24, 2.45) is 0 Å². The fraction of sp³-hybridized carbons (Fsp3) is 0.200. The topological polar surface area (TPSA) is 123 Å². The number of anilines is 3. The Bertz CT molecular complexity index is 1390. The Morgan fingerprint density at radius 3 is 2.43 bits per heavy atom. The van der Waals surface area contributed by atoms with Gasteiger partial charge in [-0.15, -0.1) is 0 Å². The molecule has 3 N–H and O–H groups in total. The Labute approximate surface area is 202 Å².